The van der Waals surface area contributed by atoms with Crippen molar-refractivity contribution in [1.29, 1.82) is 0 Å². The molecular weight excluding hydrogens is 402 g/mol. The lowest BCUT2D eigenvalue weighted by Gasteiger charge is -2.33. The summed E-state index contributed by atoms with van der Waals surface area (Å²) in [6.07, 6.45) is 7.60. The molecule has 2 N–H and O–H groups in total. The molecule has 0 aromatic carbocycles. The number of hydrogen-bond donors (Lipinski definition) is 2. The molecule has 0 bridgehead atoms. The molecule has 2 aromatic rings. The van der Waals surface area contributed by atoms with Gasteiger partial charge in [-0.25, -0.2) is 4.98 Å². The van der Waals surface area contributed by atoms with Gasteiger partial charge in [-0.15, -0.1) is 0 Å². The van der Waals surface area contributed by atoms with Crippen LogP contribution in [0.1, 0.15) is 25.1 Å². The number of rotatable bonds is 7. The highest BCUT2D eigenvalue weighted by Crippen LogP contribution is 2.17. The van der Waals surface area contributed by atoms with Crippen LogP contribution in [0, 0.1) is 12.8 Å². The van der Waals surface area contributed by atoms with Crippen molar-refractivity contribution in [2.75, 3.05) is 19.6 Å². The number of aryl methyl sites for hydroxylation is 2. The fraction of sp³-hybridized carbons (Fsp3) is 0.476. The monoisotopic (exact) mass is 431 g/mol. The van der Waals surface area contributed by atoms with Crippen LogP contribution < -0.4 is 10.9 Å². The summed E-state index contributed by atoms with van der Waals surface area (Å²) in [5.74, 6) is 1.10. The van der Waals surface area contributed by atoms with Gasteiger partial charge >= 0.3 is 0 Å². The predicted molar refractivity (Wildman–Crippen MR) is 113 cm³/mol. The van der Waals surface area contributed by atoms with Gasteiger partial charge < -0.3 is 24.5 Å². The lowest BCUT2D eigenvalue weighted by Crippen LogP contribution is -2.44. The summed E-state index contributed by atoms with van der Waals surface area (Å²) in [5, 5.41) is 9.79. The van der Waals surface area contributed by atoms with E-state index in [1.165, 1.54) is 10.6 Å². The number of carbonyl (C=O) groups is 3. The van der Waals surface area contributed by atoms with Crippen molar-refractivity contribution in [3.8, 4) is 0 Å². The fourth-order valence-corrected chi connectivity index (χ4v) is 3.53. The molecule has 1 atom stereocenters. The first-order valence-electron chi connectivity index (χ1n) is 10.2. The highest BCUT2D eigenvalue weighted by molar-refractivity contribution is 5.76. The van der Waals surface area contributed by atoms with Crippen molar-refractivity contribution in [3.05, 3.63) is 53.0 Å². The number of piperidine rings is 1. The summed E-state index contributed by atoms with van der Waals surface area (Å²) in [6.45, 7) is 4.27. The largest absolute Gasteiger partial charge is 0.483 e. The van der Waals surface area contributed by atoms with Crippen LogP contribution in [0.2, 0.25) is 0 Å². The van der Waals surface area contributed by atoms with Gasteiger partial charge in [0.1, 0.15) is 12.4 Å². The number of likely N-dealkylation sites (tertiary alicyclic amines) is 1. The lowest BCUT2D eigenvalue weighted by atomic mass is 9.97. The van der Waals surface area contributed by atoms with E-state index in [9.17, 15) is 14.4 Å². The van der Waals surface area contributed by atoms with Gasteiger partial charge in [-0.3, -0.25) is 19.2 Å². The fourth-order valence-electron chi connectivity index (χ4n) is 3.53. The second kappa shape index (κ2) is 12.3. The Morgan fingerprint density at radius 2 is 2.06 bits per heavy atom. The van der Waals surface area contributed by atoms with Crippen molar-refractivity contribution in [1.82, 2.24) is 24.3 Å². The maximum Gasteiger partial charge on any atom is 0.290 e. The van der Waals surface area contributed by atoms with E-state index in [-0.39, 0.29) is 36.3 Å². The van der Waals surface area contributed by atoms with Gasteiger partial charge in [0, 0.05) is 57.3 Å². The molecule has 1 aliphatic rings. The summed E-state index contributed by atoms with van der Waals surface area (Å²) >= 11 is 0. The summed E-state index contributed by atoms with van der Waals surface area (Å²) in [7, 11) is 0. The number of imidazole rings is 1. The van der Waals surface area contributed by atoms with Gasteiger partial charge in [-0.2, -0.15) is 0 Å². The van der Waals surface area contributed by atoms with Crippen LogP contribution in [0.25, 0.3) is 0 Å². The van der Waals surface area contributed by atoms with Gasteiger partial charge in [0.2, 0.25) is 11.8 Å². The van der Waals surface area contributed by atoms with Gasteiger partial charge in [-0.1, -0.05) is 6.07 Å². The zero-order valence-corrected chi connectivity index (χ0v) is 17.6. The van der Waals surface area contributed by atoms with Crippen molar-refractivity contribution < 1.29 is 19.5 Å². The molecule has 1 saturated heterocycles. The predicted octanol–water partition coefficient (Wildman–Crippen LogP) is 0.499. The van der Waals surface area contributed by atoms with E-state index in [0.29, 0.717) is 26.1 Å². The molecule has 2 amide bonds. The average Bonchev–Trinajstić information content (AvgIpc) is 3.18. The van der Waals surface area contributed by atoms with Crippen LogP contribution in [-0.2, 0) is 27.5 Å². The second-order valence-electron chi connectivity index (χ2n) is 7.34. The Balaban J connectivity index is 0.00000107. The third kappa shape index (κ3) is 7.72. The number of nitrogens with one attached hydrogen (secondary N) is 1. The lowest BCUT2D eigenvalue weighted by molar-refractivity contribution is -0.133. The molecule has 168 valence electrons. The summed E-state index contributed by atoms with van der Waals surface area (Å²) in [5.41, 5.74) is -0.194. The Labute approximate surface area is 180 Å². The SMILES string of the molecule is Cc1nccn1CCC(=O)N1CCCC(CNC(=O)Cn2ccccc2=O)C1.O=CO. The first-order chi connectivity index (χ1) is 14.9. The van der Waals surface area contributed by atoms with Crippen LogP contribution in [0.4, 0.5) is 0 Å². The van der Waals surface area contributed by atoms with Crippen LogP contribution in [-0.4, -0.2) is 62.0 Å². The van der Waals surface area contributed by atoms with Gasteiger partial charge in [0.25, 0.3) is 12.0 Å². The topological polar surface area (TPSA) is 127 Å². The third-order valence-electron chi connectivity index (χ3n) is 5.16. The van der Waals surface area contributed by atoms with Crippen molar-refractivity contribution >= 4 is 18.3 Å². The molecule has 3 heterocycles. The molecule has 10 nitrogen and oxygen atoms in total. The highest BCUT2D eigenvalue weighted by atomic mass is 16.3. The molecule has 1 fully saturated rings. The Morgan fingerprint density at radius 1 is 1.29 bits per heavy atom. The van der Waals surface area contributed by atoms with Gasteiger partial charge in [0.05, 0.1) is 0 Å². The Hall–Kier alpha value is -3.43. The first kappa shape index (κ1) is 23.8. The average molecular weight is 431 g/mol. The number of carboxylic acid groups (broad SMARTS) is 1. The van der Waals surface area contributed by atoms with Crippen LogP contribution in [0.5, 0.6) is 0 Å². The quantitative estimate of drug-likeness (QED) is 0.615. The molecule has 0 radical (unpaired) electrons. The molecule has 1 unspecified atom stereocenters. The normalized spacial score (nSPS) is 15.5. The summed E-state index contributed by atoms with van der Waals surface area (Å²) in [6, 6.07) is 4.81. The Morgan fingerprint density at radius 3 is 2.74 bits per heavy atom. The second-order valence-corrected chi connectivity index (χ2v) is 7.34. The number of nitrogens with zero attached hydrogens (tertiary/aromatic N) is 4. The highest BCUT2D eigenvalue weighted by Gasteiger charge is 2.23. The molecule has 10 heteroatoms. The summed E-state index contributed by atoms with van der Waals surface area (Å²) in [4.78, 5) is 50.8. The molecule has 2 aromatic heterocycles. The van der Waals surface area contributed by atoms with Crippen molar-refractivity contribution in [2.24, 2.45) is 5.92 Å². The number of aromatic nitrogens is 3. The zero-order valence-electron chi connectivity index (χ0n) is 17.6. The standard InChI is InChI=1S/C20H27N5O3.CH2O2/c1-16-21-8-12-23(16)11-7-20(28)24-10-4-5-17(14-24)13-22-18(26)15-25-9-3-2-6-19(25)27;2-1-3/h2-3,6,8-9,12,17H,4-5,7,10-11,13-15H2,1H3,(H,22,26);1H,(H,2,3). The van der Waals surface area contributed by atoms with E-state index in [0.717, 1.165) is 25.2 Å². The van der Waals surface area contributed by atoms with E-state index < -0.39 is 0 Å². The molecule has 0 saturated carbocycles. The van der Waals surface area contributed by atoms with Crippen LogP contribution in [0.3, 0.4) is 0 Å². The zero-order chi connectivity index (χ0) is 22.6. The maximum absolute atomic E-state index is 12.5. The van der Waals surface area contributed by atoms with E-state index in [1.54, 1.807) is 24.5 Å². The maximum atomic E-state index is 12.5. The minimum Gasteiger partial charge on any atom is -0.483 e. The van der Waals surface area contributed by atoms with Gasteiger partial charge in [-0.05, 0) is 31.7 Å². The van der Waals surface area contributed by atoms with E-state index in [2.05, 4.69) is 10.3 Å². The van der Waals surface area contributed by atoms with Crippen LogP contribution in [0.15, 0.2) is 41.6 Å². The molecule has 1 aliphatic heterocycles. The Bertz CT molecular complexity index is 923. The van der Waals surface area contributed by atoms with Crippen LogP contribution >= 0.6 is 0 Å². The molecule has 0 aliphatic carbocycles. The minimum absolute atomic E-state index is 0.0132. The number of amides is 2. The molecular formula is C21H29N5O5. The third-order valence-corrected chi connectivity index (χ3v) is 5.16. The molecule has 0 spiro atoms. The number of carbonyl (C=O) groups excluding carboxylic acids is 2. The van der Waals surface area contributed by atoms with E-state index >= 15 is 0 Å². The minimum atomic E-state index is -0.250. The van der Waals surface area contributed by atoms with Crippen molar-refractivity contribution in [3.63, 3.8) is 0 Å². The molecule has 31 heavy (non-hydrogen) atoms. The molecule has 3 rings (SSSR count). The Kier molecular flexibility index (Phi) is 9.47. The number of pyridine rings is 1. The van der Waals surface area contributed by atoms with Crippen molar-refractivity contribution in [2.45, 2.75) is 39.3 Å². The van der Waals surface area contributed by atoms with E-state index in [1.807, 2.05) is 22.6 Å². The number of hydrogen-bond acceptors (Lipinski definition) is 5. The van der Waals surface area contributed by atoms with Gasteiger partial charge in [0.15, 0.2) is 0 Å². The van der Waals surface area contributed by atoms with E-state index in [4.69, 9.17) is 9.90 Å². The smallest absolute Gasteiger partial charge is 0.290 e. The summed E-state index contributed by atoms with van der Waals surface area (Å²) < 4.78 is 3.36. The first-order valence-corrected chi connectivity index (χ1v) is 10.2.